The van der Waals surface area contributed by atoms with Crippen molar-refractivity contribution < 1.29 is 0 Å². The van der Waals surface area contributed by atoms with Gasteiger partial charge >= 0.3 is 0 Å². The van der Waals surface area contributed by atoms with Gasteiger partial charge in [0, 0.05) is 25.0 Å². The molecule has 0 aliphatic carbocycles. The summed E-state index contributed by atoms with van der Waals surface area (Å²) < 4.78 is 0. The second kappa shape index (κ2) is 7.81. The number of benzene rings is 1. The molecule has 1 fully saturated rings. The van der Waals surface area contributed by atoms with E-state index in [2.05, 4.69) is 63.8 Å². The number of rotatable bonds is 5. The van der Waals surface area contributed by atoms with E-state index in [1.165, 1.54) is 43.5 Å². The van der Waals surface area contributed by atoms with Crippen LogP contribution in [0.15, 0.2) is 24.3 Å². The summed E-state index contributed by atoms with van der Waals surface area (Å²) in [6.45, 7) is 14.6. The molecule has 1 aliphatic heterocycles. The van der Waals surface area contributed by atoms with Crippen LogP contribution < -0.4 is 5.73 Å². The Hall–Kier alpha value is -0.860. The van der Waals surface area contributed by atoms with Crippen LogP contribution in [-0.4, -0.2) is 30.6 Å². The SMILES string of the molecule is CC(C)CN1CCCCC1C(CN)c1ccc(C(C)(C)C)cc1. The molecular formula is C21H36N2. The summed E-state index contributed by atoms with van der Waals surface area (Å²) >= 11 is 0. The Kier molecular flexibility index (Phi) is 6.27. The van der Waals surface area contributed by atoms with Crippen molar-refractivity contribution in [3.63, 3.8) is 0 Å². The maximum atomic E-state index is 6.23. The van der Waals surface area contributed by atoms with Crippen molar-refractivity contribution in [1.29, 1.82) is 0 Å². The van der Waals surface area contributed by atoms with Crippen molar-refractivity contribution in [3.8, 4) is 0 Å². The second-order valence-electron chi connectivity index (χ2n) is 8.67. The highest BCUT2D eigenvalue weighted by Crippen LogP contribution is 2.32. The molecule has 2 N–H and O–H groups in total. The van der Waals surface area contributed by atoms with Crippen molar-refractivity contribution >= 4 is 0 Å². The second-order valence-corrected chi connectivity index (χ2v) is 8.67. The summed E-state index contributed by atoms with van der Waals surface area (Å²) in [5.41, 5.74) is 9.26. The number of hydrogen-bond donors (Lipinski definition) is 1. The summed E-state index contributed by atoms with van der Waals surface area (Å²) in [7, 11) is 0. The molecule has 0 bridgehead atoms. The maximum absolute atomic E-state index is 6.23. The van der Waals surface area contributed by atoms with Gasteiger partial charge in [0.2, 0.25) is 0 Å². The van der Waals surface area contributed by atoms with Gasteiger partial charge in [0.25, 0.3) is 0 Å². The van der Waals surface area contributed by atoms with Crippen LogP contribution in [0.4, 0.5) is 0 Å². The Morgan fingerprint density at radius 1 is 1.13 bits per heavy atom. The van der Waals surface area contributed by atoms with Crippen molar-refractivity contribution in [2.45, 2.75) is 71.3 Å². The van der Waals surface area contributed by atoms with Crippen molar-refractivity contribution in [2.24, 2.45) is 11.7 Å². The molecule has 0 aromatic heterocycles. The Balaban J connectivity index is 2.19. The third kappa shape index (κ3) is 4.81. The number of piperidine rings is 1. The zero-order chi connectivity index (χ0) is 17.0. The molecule has 1 aromatic carbocycles. The van der Waals surface area contributed by atoms with E-state index >= 15 is 0 Å². The predicted octanol–water partition coefficient (Wildman–Crippen LogP) is 4.54. The van der Waals surface area contributed by atoms with Gasteiger partial charge in [-0.15, -0.1) is 0 Å². The van der Waals surface area contributed by atoms with Crippen LogP contribution in [-0.2, 0) is 5.41 Å². The van der Waals surface area contributed by atoms with Gasteiger partial charge in [-0.25, -0.2) is 0 Å². The van der Waals surface area contributed by atoms with E-state index in [-0.39, 0.29) is 5.41 Å². The lowest BCUT2D eigenvalue weighted by Crippen LogP contribution is -2.46. The van der Waals surface area contributed by atoms with E-state index in [4.69, 9.17) is 5.73 Å². The van der Waals surface area contributed by atoms with Crippen LogP contribution >= 0.6 is 0 Å². The van der Waals surface area contributed by atoms with Crippen molar-refractivity contribution in [3.05, 3.63) is 35.4 Å². The largest absolute Gasteiger partial charge is 0.330 e. The molecular weight excluding hydrogens is 280 g/mol. The summed E-state index contributed by atoms with van der Waals surface area (Å²) in [5.74, 6) is 1.18. The number of nitrogens with zero attached hydrogens (tertiary/aromatic N) is 1. The maximum Gasteiger partial charge on any atom is 0.0176 e. The van der Waals surface area contributed by atoms with E-state index in [9.17, 15) is 0 Å². The minimum Gasteiger partial charge on any atom is -0.330 e. The lowest BCUT2D eigenvalue weighted by Gasteiger charge is -2.41. The first kappa shape index (κ1) is 18.5. The Labute approximate surface area is 143 Å². The lowest BCUT2D eigenvalue weighted by molar-refractivity contribution is 0.112. The summed E-state index contributed by atoms with van der Waals surface area (Å²) in [4.78, 5) is 2.70. The third-order valence-corrected chi connectivity index (χ3v) is 5.19. The molecule has 2 unspecified atom stereocenters. The number of likely N-dealkylation sites (tertiary alicyclic amines) is 1. The van der Waals surface area contributed by atoms with Crippen LogP contribution in [0.3, 0.4) is 0 Å². The fraction of sp³-hybridized carbons (Fsp3) is 0.714. The zero-order valence-electron chi connectivity index (χ0n) is 15.8. The van der Waals surface area contributed by atoms with Gasteiger partial charge in [-0.3, -0.25) is 4.90 Å². The van der Waals surface area contributed by atoms with Gasteiger partial charge < -0.3 is 5.73 Å². The van der Waals surface area contributed by atoms with E-state index in [1.54, 1.807) is 0 Å². The molecule has 2 heteroatoms. The molecule has 2 atom stereocenters. The standard InChI is InChI=1S/C21H36N2/c1-16(2)15-23-13-7-6-8-20(23)19(14-22)17-9-11-18(12-10-17)21(3,4)5/h9-12,16,19-20H,6-8,13-15,22H2,1-5H3. The zero-order valence-corrected chi connectivity index (χ0v) is 15.8. The average molecular weight is 317 g/mol. The van der Waals surface area contributed by atoms with Crippen LogP contribution in [0, 0.1) is 5.92 Å². The average Bonchev–Trinajstić information content (AvgIpc) is 2.49. The highest BCUT2D eigenvalue weighted by Gasteiger charge is 2.30. The molecule has 2 rings (SSSR count). The third-order valence-electron chi connectivity index (χ3n) is 5.19. The smallest absolute Gasteiger partial charge is 0.0176 e. The van der Waals surface area contributed by atoms with Crippen molar-refractivity contribution in [2.75, 3.05) is 19.6 Å². The molecule has 0 radical (unpaired) electrons. The summed E-state index contributed by atoms with van der Waals surface area (Å²) in [5, 5.41) is 0. The molecule has 1 aliphatic rings. The highest BCUT2D eigenvalue weighted by molar-refractivity contribution is 5.30. The first-order valence-electron chi connectivity index (χ1n) is 9.37. The number of nitrogens with two attached hydrogens (primary N) is 1. The monoisotopic (exact) mass is 316 g/mol. The fourth-order valence-corrected chi connectivity index (χ4v) is 3.91. The number of hydrogen-bond acceptors (Lipinski definition) is 2. The molecule has 0 saturated carbocycles. The Morgan fingerprint density at radius 3 is 2.30 bits per heavy atom. The van der Waals surface area contributed by atoms with Gasteiger partial charge in [-0.2, -0.15) is 0 Å². The van der Waals surface area contributed by atoms with Crippen LogP contribution in [0.1, 0.15) is 70.9 Å². The van der Waals surface area contributed by atoms with E-state index in [1.807, 2.05) is 0 Å². The summed E-state index contributed by atoms with van der Waals surface area (Å²) in [6, 6.07) is 9.85. The highest BCUT2D eigenvalue weighted by atomic mass is 15.2. The van der Waals surface area contributed by atoms with Gasteiger partial charge in [-0.05, 0) is 41.8 Å². The van der Waals surface area contributed by atoms with E-state index in [0.29, 0.717) is 12.0 Å². The molecule has 0 amide bonds. The topological polar surface area (TPSA) is 29.3 Å². The molecule has 0 spiro atoms. The first-order chi connectivity index (χ1) is 10.8. The van der Waals surface area contributed by atoms with Crippen LogP contribution in [0.2, 0.25) is 0 Å². The van der Waals surface area contributed by atoms with Gasteiger partial charge in [0.05, 0.1) is 0 Å². The van der Waals surface area contributed by atoms with E-state index < -0.39 is 0 Å². The Bertz CT molecular complexity index is 470. The normalized spacial score (nSPS) is 21.6. The molecule has 130 valence electrons. The molecule has 1 saturated heterocycles. The Morgan fingerprint density at radius 2 is 1.78 bits per heavy atom. The quantitative estimate of drug-likeness (QED) is 0.864. The molecule has 1 heterocycles. The summed E-state index contributed by atoms with van der Waals surface area (Å²) in [6.07, 6.45) is 3.97. The minimum atomic E-state index is 0.214. The molecule has 2 nitrogen and oxygen atoms in total. The van der Waals surface area contributed by atoms with Gasteiger partial charge in [0.15, 0.2) is 0 Å². The van der Waals surface area contributed by atoms with Crippen LogP contribution in [0.25, 0.3) is 0 Å². The van der Waals surface area contributed by atoms with E-state index in [0.717, 1.165) is 12.5 Å². The molecule has 1 aromatic rings. The lowest BCUT2D eigenvalue weighted by atomic mass is 9.82. The fourth-order valence-electron chi connectivity index (χ4n) is 3.91. The van der Waals surface area contributed by atoms with Crippen LogP contribution in [0.5, 0.6) is 0 Å². The minimum absolute atomic E-state index is 0.214. The predicted molar refractivity (Wildman–Crippen MR) is 101 cm³/mol. The van der Waals surface area contributed by atoms with Gasteiger partial charge in [0.1, 0.15) is 0 Å². The van der Waals surface area contributed by atoms with Crippen molar-refractivity contribution in [1.82, 2.24) is 4.90 Å². The first-order valence-corrected chi connectivity index (χ1v) is 9.37. The molecule has 23 heavy (non-hydrogen) atoms. The van der Waals surface area contributed by atoms with Gasteiger partial charge in [-0.1, -0.05) is 65.3 Å².